The lowest BCUT2D eigenvalue weighted by molar-refractivity contribution is 0.397. The summed E-state index contributed by atoms with van der Waals surface area (Å²) in [6.07, 6.45) is 9.92. The minimum absolute atomic E-state index is 0.665. The van der Waals surface area contributed by atoms with Crippen LogP contribution in [-0.2, 0) is 19.4 Å². The van der Waals surface area contributed by atoms with Crippen molar-refractivity contribution < 1.29 is 0 Å². The SMILES string of the molecule is CC1CCn2cc(CC3CCCCN3)nc2C1. The van der Waals surface area contributed by atoms with Crippen LogP contribution in [0.5, 0.6) is 0 Å². The minimum atomic E-state index is 0.665. The number of rotatable bonds is 2. The van der Waals surface area contributed by atoms with Crippen molar-refractivity contribution in [3.63, 3.8) is 0 Å². The summed E-state index contributed by atoms with van der Waals surface area (Å²) in [5.41, 5.74) is 1.30. The fourth-order valence-electron chi connectivity index (χ4n) is 3.09. The third-order valence-corrected chi connectivity index (χ3v) is 4.17. The van der Waals surface area contributed by atoms with Gasteiger partial charge in [0.05, 0.1) is 5.69 Å². The molecule has 2 aliphatic heterocycles. The molecule has 0 amide bonds. The Hall–Kier alpha value is -0.830. The molecule has 0 spiro atoms. The maximum Gasteiger partial charge on any atom is 0.109 e. The lowest BCUT2D eigenvalue weighted by Gasteiger charge is -2.22. The zero-order chi connectivity index (χ0) is 11.7. The van der Waals surface area contributed by atoms with Gasteiger partial charge in [0.15, 0.2) is 0 Å². The first-order chi connectivity index (χ1) is 8.31. The van der Waals surface area contributed by atoms with Crippen LogP contribution in [0.2, 0.25) is 0 Å². The number of nitrogens with zero attached hydrogens (tertiary/aromatic N) is 2. The summed E-state index contributed by atoms with van der Waals surface area (Å²) in [6.45, 7) is 4.69. The number of hydrogen-bond donors (Lipinski definition) is 1. The molecule has 3 heterocycles. The van der Waals surface area contributed by atoms with Gasteiger partial charge in [-0.2, -0.15) is 0 Å². The van der Waals surface area contributed by atoms with Gasteiger partial charge in [-0.1, -0.05) is 13.3 Å². The summed E-state index contributed by atoms with van der Waals surface area (Å²) >= 11 is 0. The van der Waals surface area contributed by atoms with Gasteiger partial charge in [-0.25, -0.2) is 4.98 Å². The van der Waals surface area contributed by atoms with Crippen molar-refractivity contribution in [2.75, 3.05) is 6.54 Å². The van der Waals surface area contributed by atoms with Crippen LogP contribution >= 0.6 is 0 Å². The van der Waals surface area contributed by atoms with Crippen LogP contribution in [-0.4, -0.2) is 22.1 Å². The molecule has 0 aliphatic carbocycles. The highest BCUT2D eigenvalue weighted by Crippen LogP contribution is 2.21. The molecule has 94 valence electrons. The summed E-state index contributed by atoms with van der Waals surface area (Å²) in [5, 5.41) is 3.61. The first kappa shape index (κ1) is 11.3. The molecule has 1 saturated heterocycles. The average Bonchev–Trinajstić information content (AvgIpc) is 2.71. The van der Waals surface area contributed by atoms with E-state index in [4.69, 9.17) is 4.98 Å². The number of nitrogens with one attached hydrogen (secondary N) is 1. The fourth-order valence-corrected chi connectivity index (χ4v) is 3.09. The molecule has 17 heavy (non-hydrogen) atoms. The Balaban J connectivity index is 1.67. The maximum absolute atomic E-state index is 4.82. The molecule has 0 aromatic carbocycles. The quantitative estimate of drug-likeness (QED) is 0.848. The van der Waals surface area contributed by atoms with E-state index in [1.807, 2.05) is 0 Å². The monoisotopic (exact) mass is 233 g/mol. The Morgan fingerprint density at radius 3 is 3.18 bits per heavy atom. The van der Waals surface area contributed by atoms with Crippen LogP contribution in [0.25, 0.3) is 0 Å². The van der Waals surface area contributed by atoms with Crippen molar-refractivity contribution in [2.45, 2.75) is 58.0 Å². The Bertz CT molecular complexity index is 377. The van der Waals surface area contributed by atoms with E-state index < -0.39 is 0 Å². The van der Waals surface area contributed by atoms with Crippen molar-refractivity contribution in [1.82, 2.24) is 14.9 Å². The van der Waals surface area contributed by atoms with E-state index in [2.05, 4.69) is 23.0 Å². The Morgan fingerprint density at radius 2 is 2.35 bits per heavy atom. The molecular weight excluding hydrogens is 210 g/mol. The maximum atomic E-state index is 4.82. The Morgan fingerprint density at radius 1 is 1.41 bits per heavy atom. The minimum Gasteiger partial charge on any atom is -0.335 e. The van der Waals surface area contributed by atoms with Gasteiger partial charge >= 0.3 is 0 Å². The third kappa shape index (κ3) is 2.54. The van der Waals surface area contributed by atoms with Crippen molar-refractivity contribution >= 4 is 0 Å². The number of aromatic nitrogens is 2. The van der Waals surface area contributed by atoms with E-state index >= 15 is 0 Å². The van der Waals surface area contributed by atoms with Gasteiger partial charge in [0.25, 0.3) is 0 Å². The third-order valence-electron chi connectivity index (χ3n) is 4.17. The molecule has 0 saturated carbocycles. The van der Waals surface area contributed by atoms with Crippen molar-refractivity contribution in [1.29, 1.82) is 0 Å². The van der Waals surface area contributed by atoms with Crippen LogP contribution in [0.4, 0.5) is 0 Å². The zero-order valence-corrected chi connectivity index (χ0v) is 10.8. The number of fused-ring (bicyclic) bond motifs is 1. The summed E-state index contributed by atoms with van der Waals surface area (Å²) in [5.74, 6) is 2.13. The molecule has 1 fully saturated rings. The molecular formula is C14H23N3. The normalized spacial score (nSPS) is 29.0. The number of aryl methyl sites for hydroxylation is 1. The van der Waals surface area contributed by atoms with Crippen molar-refractivity contribution in [3.8, 4) is 0 Å². The first-order valence-electron chi connectivity index (χ1n) is 7.09. The molecule has 2 unspecified atom stereocenters. The molecule has 3 nitrogen and oxygen atoms in total. The second kappa shape index (κ2) is 4.81. The predicted octanol–water partition coefficient (Wildman–Crippen LogP) is 2.15. The van der Waals surface area contributed by atoms with Crippen LogP contribution in [0.1, 0.15) is 44.1 Å². The molecule has 3 heteroatoms. The van der Waals surface area contributed by atoms with Gasteiger partial charge in [-0.05, 0) is 31.7 Å². The molecule has 0 bridgehead atoms. The first-order valence-corrected chi connectivity index (χ1v) is 7.09. The standard InChI is InChI=1S/C14H23N3/c1-11-5-7-17-10-13(16-14(17)8-11)9-12-4-2-3-6-15-12/h10-12,15H,2-9H2,1H3. The molecule has 1 aromatic rings. The molecule has 1 N–H and O–H groups in total. The fraction of sp³-hybridized carbons (Fsp3) is 0.786. The Labute approximate surface area is 104 Å². The smallest absolute Gasteiger partial charge is 0.109 e. The van der Waals surface area contributed by atoms with Crippen molar-refractivity contribution in [3.05, 3.63) is 17.7 Å². The van der Waals surface area contributed by atoms with E-state index in [-0.39, 0.29) is 0 Å². The van der Waals surface area contributed by atoms with Crippen LogP contribution in [0, 0.1) is 5.92 Å². The van der Waals surface area contributed by atoms with E-state index in [1.165, 1.54) is 50.3 Å². The van der Waals surface area contributed by atoms with E-state index in [1.54, 1.807) is 0 Å². The summed E-state index contributed by atoms with van der Waals surface area (Å²) in [7, 11) is 0. The topological polar surface area (TPSA) is 29.9 Å². The van der Waals surface area contributed by atoms with Gasteiger partial charge < -0.3 is 9.88 Å². The molecule has 2 aliphatic rings. The zero-order valence-electron chi connectivity index (χ0n) is 10.8. The lowest BCUT2D eigenvalue weighted by Crippen LogP contribution is -2.35. The van der Waals surface area contributed by atoms with E-state index in [9.17, 15) is 0 Å². The highest BCUT2D eigenvalue weighted by Gasteiger charge is 2.19. The molecule has 0 radical (unpaired) electrons. The van der Waals surface area contributed by atoms with E-state index in [0.29, 0.717) is 6.04 Å². The predicted molar refractivity (Wildman–Crippen MR) is 69.1 cm³/mol. The van der Waals surface area contributed by atoms with Crippen LogP contribution in [0.15, 0.2) is 6.20 Å². The number of imidazole rings is 1. The van der Waals surface area contributed by atoms with Crippen LogP contribution in [0.3, 0.4) is 0 Å². The second-order valence-electron chi connectivity index (χ2n) is 5.79. The average molecular weight is 233 g/mol. The van der Waals surface area contributed by atoms with Gasteiger partial charge in [0.1, 0.15) is 5.82 Å². The highest BCUT2D eigenvalue weighted by atomic mass is 15.1. The highest BCUT2D eigenvalue weighted by molar-refractivity contribution is 5.08. The van der Waals surface area contributed by atoms with Gasteiger partial charge in [0.2, 0.25) is 0 Å². The second-order valence-corrected chi connectivity index (χ2v) is 5.79. The summed E-state index contributed by atoms with van der Waals surface area (Å²) < 4.78 is 2.37. The Kier molecular flexibility index (Phi) is 3.19. The lowest BCUT2D eigenvalue weighted by atomic mass is 10.0. The molecule has 1 aromatic heterocycles. The molecule has 2 atom stereocenters. The van der Waals surface area contributed by atoms with Crippen molar-refractivity contribution in [2.24, 2.45) is 5.92 Å². The van der Waals surface area contributed by atoms with Gasteiger partial charge in [-0.3, -0.25) is 0 Å². The van der Waals surface area contributed by atoms with Gasteiger partial charge in [0, 0.05) is 31.6 Å². The number of piperidine rings is 1. The van der Waals surface area contributed by atoms with Crippen LogP contribution < -0.4 is 5.32 Å². The largest absolute Gasteiger partial charge is 0.335 e. The summed E-state index contributed by atoms with van der Waals surface area (Å²) in [4.78, 5) is 4.82. The summed E-state index contributed by atoms with van der Waals surface area (Å²) in [6, 6.07) is 0.665. The van der Waals surface area contributed by atoms with Gasteiger partial charge in [-0.15, -0.1) is 0 Å². The van der Waals surface area contributed by atoms with E-state index in [0.717, 1.165) is 18.8 Å². The molecule has 3 rings (SSSR count). The number of hydrogen-bond acceptors (Lipinski definition) is 2.